The molecule has 2 N–H and O–H groups in total. The highest BCUT2D eigenvalue weighted by Crippen LogP contribution is 2.03. The molecule has 0 aliphatic heterocycles. The van der Waals surface area contributed by atoms with Crippen LogP contribution in [0.1, 0.15) is 28.5 Å². The van der Waals surface area contributed by atoms with Gasteiger partial charge in [-0.05, 0) is 36.6 Å². The molecule has 2 rings (SSSR count). The van der Waals surface area contributed by atoms with Gasteiger partial charge in [0.1, 0.15) is 5.82 Å². The minimum absolute atomic E-state index is 0.279. The second-order valence-corrected chi connectivity index (χ2v) is 4.74. The number of hydrogen-bond acceptors (Lipinski definition) is 2. The summed E-state index contributed by atoms with van der Waals surface area (Å²) in [6.45, 7) is 2.33. The van der Waals surface area contributed by atoms with Crippen LogP contribution < -0.4 is 10.9 Å². The molecule has 0 spiro atoms. The summed E-state index contributed by atoms with van der Waals surface area (Å²) in [5.41, 5.74) is 1.75. The van der Waals surface area contributed by atoms with Crippen LogP contribution in [0.5, 0.6) is 0 Å². The summed E-state index contributed by atoms with van der Waals surface area (Å²) in [7, 11) is 0. The molecule has 0 aliphatic rings. The Morgan fingerprint density at radius 2 is 1.95 bits per heavy atom. The number of carbonyl (C=O) groups is 1. The zero-order chi connectivity index (χ0) is 15.2. The van der Waals surface area contributed by atoms with Crippen LogP contribution in [-0.4, -0.2) is 17.4 Å². The molecule has 1 heterocycles. The quantitative estimate of drug-likeness (QED) is 0.884. The van der Waals surface area contributed by atoms with Crippen molar-refractivity contribution in [1.82, 2.24) is 10.3 Å². The van der Waals surface area contributed by atoms with Gasteiger partial charge in [-0.2, -0.15) is 0 Å². The summed E-state index contributed by atoms with van der Waals surface area (Å²) >= 11 is 0. The summed E-state index contributed by atoms with van der Waals surface area (Å²) in [5, 5.41) is 2.76. The SMILES string of the molecule is CCc1cc(C(=O)NCCc2ccc(F)cc2)cc(=O)[nH]1. The fourth-order valence-electron chi connectivity index (χ4n) is 2.00. The summed E-state index contributed by atoms with van der Waals surface area (Å²) in [6.07, 6.45) is 1.27. The minimum Gasteiger partial charge on any atom is -0.352 e. The maximum Gasteiger partial charge on any atom is 0.251 e. The highest BCUT2D eigenvalue weighted by molar-refractivity contribution is 5.94. The molecule has 2 aromatic rings. The number of nitrogens with one attached hydrogen (secondary N) is 2. The van der Waals surface area contributed by atoms with Crippen molar-refractivity contribution in [3.05, 3.63) is 69.4 Å². The second-order valence-electron chi connectivity index (χ2n) is 4.74. The fourth-order valence-corrected chi connectivity index (χ4v) is 2.00. The average Bonchev–Trinajstić information content (AvgIpc) is 2.48. The van der Waals surface area contributed by atoms with Crippen LogP contribution in [0.3, 0.4) is 0 Å². The number of amides is 1. The molecule has 1 aromatic heterocycles. The monoisotopic (exact) mass is 288 g/mol. The van der Waals surface area contributed by atoms with Crippen molar-refractivity contribution >= 4 is 5.91 Å². The van der Waals surface area contributed by atoms with E-state index in [1.165, 1.54) is 18.2 Å². The molecular weight excluding hydrogens is 271 g/mol. The first-order valence-electron chi connectivity index (χ1n) is 6.84. The van der Waals surface area contributed by atoms with E-state index >= 15 is 0 Å². The number of aryl methyl sites for hydroxylation is 1. The van der Waals surface area contributed by atoms with E-state index < -0.39 is 0 Å². The van der Waals surface area contributed by atoms with Gasteiger partial charge in [-0.1, -0.05) is 19.1 Å². The van der Waals surface area contributed by atoms with Crippen molar-refractivity contribution in [2.45, 2.75) is 19.8 Å². The lowest BCUT2D eigenvalue weighted by molar-refractivity contribution is 0.0954. The number of rotatable bonds is 5. The average molecular weight is 288 g/mol. The third-order valence-electron chi connectivity index (χ3n) is 3.16. The van der Waals surface area contributed by atoms with Gasteiger partial charge < -0.3 is 10.3 Å². The van der Waals surface area contributed by atoms with Crippen molar-refractivity contribution in [3.8, 4) is 0 Å². The first-order chi connectivity index (χ1) is 10.1. The standard InChI is InChI=1S/C16H17FN2O2/c1-2-14-9-12(10-15(20)19-14)16(21)18-8-7-11-3-5-13(17)6-4-11/h3-6,9-10H,2,7-8H2,1H3,(H,18,21)(H,19,20). The Balaban J connectivity index is 1.94. The van der Waals surface area contributed by atoms with E-state index in [1.54, 1.807) is 18.2 Å². The first kappa shape index (κ1) is 15.0. The molecule has 4 nitrogen and oxygen atoms in total. The molecule has 0 fully saturated rings. The van der Waals surface area contributed by atoms with E-state index in [-0.39, 0.29) is 17.3 Å². The van der Waals surface area contributed by atoms with Crippen molar-refractivity contribution < 1.29 is 9.18 Å². The molecular formula is C16H17FN2O2. The number of carbonyl (C=O) groups excluding carboxylic acids is 1. The highest BCUT2D eigenvalue weighted by Gasteiger charge is 2.07. The largest absolute Gasteiger partial charge is 0.352 e. The predicted molar refractivity (Wildman–Crippen MR) is 78.9 cm³/mol. The Bertz CT molecular complexity index is 677. The number of halogens is 1. The van der Waals surface area contributed by atoms with Crippen LogP contribution in [-0.2, 0) is 12.8 Å². The fraction of sp³-hybridized carbons (Fsp3) is 0.250. The molecule has 1 aromatic carbocycles. The molecule has 5 heteroatoms. The molecule has 0 radical (unpaired) electrons. The number of aromatic amines is 1. The highest BCUT2D eigenvalue weighted by atomic mass is 19.1. The van der Waals surface area contributed by atoms with E-state index in [0.29, 0.717) is 24.9 Å². The number of benzene rings is 1. The Kier molecular flexibility index (Phi) is 4.87. The summed E-state index contributed by atoms with van der Waals surface area (Å²) in [5.74, 6) is -0.559. The van der Waals surface area contributed by atoms with Crippen LogP contribution in [0.25, 0.3) is 0 Å². The molecule has 0 aliphatic carbocycles. The zero-order valence-corrected chi connectivity index (χ0v) is 11.8. The number of pyridine rings is 1. The van der Waals surface area contributed by atoms with Gasteiger partial charge in [0.25, 0.3) is 5.91 Å². The summed E-state index contributed by atoms with van der Waals surface area (Å²) in [4.78, 5) is 26.1. The van der Waals surface area contributed by atoms with Gasteiger partial charge in [0.15, 0.2) is 0 Å². The maximum atomic E-state index is 12.8. The zero-order valence-electron chi connectivity index (χ0n) is 11.8. The molecule has 110 valence electrons. The first-order valence-corrected chi connectivity index (χ1v) is 6.84. The topological polar surface area (TPSA) is 62.0 Å². The van der Waals surface area contributed by atoms with Gasteiger partial charge in [0.05, 0.1) is 0 Å². The van der Waals surface area contributed by atoms with E-state index in [4.69, 9.17) is 0 Å². The molecule has 21 heavy (non-hydrogen) atoms. The molecule has 0 atom stereocenters. The molecule has 1 amide bonds. The van der Waals surface area contributed by atoms with Crippen LogP contribution in [0, 0.1) is 5.82 Å². The van der Waals surface area contributed by atoms with E-state index in [2.05, 4.69) is 10.3 Å². The van der Waals surface area contributed by atoms with Gasteiger partial charge in [-0.3, -0.25) is 9.59 Å². The van der Waals surface area contributed by atoms with Crippen molar-refractivity contribution in [2.24, 2.45) is 0 Å². The number of hydrogen-bond donors (Lipinski definition) is 2. The van der Waals surface area contributed by atoms with Crippen molar-refractivity contribution in [3.63, 3.8) is 0 Å². The molecule has 0 bridgehead atoms. The second kappa shape index (κ2) is 6.83. The van der Waals surface area contributed by atoms with E-state index in [0.717, 1.165) is 11.3 Å². The van der Waals surface area contributed by atoms with Gasteiger partial charge in [0.2, 0.25) is 5.56 Å². The third-order valence-corrected chi connectivity index (χ3v) is 3.16. The Morgan fingerprint density at radius 3 is 2.62 bits per heavy atom. The van der Waals surface area contributed by atoms with E-state index in [1.807, 2.05) is 6.92 Å². The van der Waals surface area contributed by atoms with Crippen LogP contribution in [0.4, 0.5) is 4.39 Å². The molecule has 0 saturated heterocycles. The normalized spacial score (nSPS) is 10.4. The summed E-state index contributed by atoms with van der Waals surface area (Å²) in [6, 6.07) is 9.11. The van der Waals surface area contributed by atoms with Gasteiger partial charge in [-0.15, -0.1) is 0 Å². The number of aromatic nitrogens is 1. The Labute approximate surface area is 122 Å². The van der Waals surface area contributed by atoms with E-state index in [9.17, 15) is 14.0 Å². The lowest BCUT2D eigenvalue weighted by atomic mass is 10.1. The van der Waals surface area contributed by atoms with Crippen LogP contribution >= 0.6 is 0 Å². The Morgan fingerprint density at radius 1 is 1.24 bits per heavy atom. The maximum absolute atomic E-state index is 12.8. The molecule has 0 saturated carbocycles. The predicted octanol–water partition coefficient (Wildman–Crippen LogP) is 2.05. The van der Waals surface area contributed by atoms with Gasteiger partial charge in [0, 0.05) is 23.9 Å². The van der Waals surface area contributed by atoms with Gasteiger partial charge >= 0.3 is 0 Å². The smallest absolute Gasteiger partial charge is 0.251 e. The van der Waals surface area contributed by atoms with Crippen molar-refractivity contribution in [1.29, 1.82) is 0 Å². The number of H-pyrrole nitrogens is 1. The Hall–Kier alpha value is -2.43. The lowest BCUT2D eigenvalue weighted by Gasteiger charge is -2.06. The third kappa shape index (κ3) is 4.27. The van der Waals surface area contributed by atoms with Crippen molar-refractivity contribution in [2.75, 3.05) is 6.54 Å². The summed E-state index contributed by atoms with van der Waals surface area (Å²) < 4.78 is 12.8. The van der Waals surface area contributed by atoms with Crippen LogP contribution in [0.2, 0.25) is 0 Å². The van der Waals surface area contributed by atoms with Gasteiger partial charge in [-0.25, -0.2) is 4.39 Å². The lowest BCUT2D eigenvalue weighted by Crippen LogP contribution is -2.27. The minimum atomic E-state index is -0.280. The van der Waals surface area contributed by atoms with Crippen LogP contribution in [0.15, 0.2) is 41.2 Å². The molecule has 0 unspecified atom stereocenters.